The summed E-state index contributed by atoms with van der Waals surface area (Å²) in [5.41, 5.74) is 2.32. The fraction of sp³-hybridized carbons (Fsp3) is 0.136. The number of rotatable bonds is 4. The van der Waals surface area contributed by atoms with E-state index in [0.717, 1.165) is 11.6 Å². The Balaban J connectivity index is 1.74. The summed E-state index contributed by atoms with van der Waals surface area (Å²) < 4.78 is 19.7. The van der Waals surface area contributed by atoms with E-state index in [0.29, 0.717) is 33.8 Å². The number of ether oxygens (including phenoxy) is 1. The molecule has 2 aromatic heterocycles. The van der Waals surface area contributed by atoms with E-state index < -0.39 is 17.3 Å². The zero-order chi connectivity index (χ0) is 21.4. The molecule has 152 valence electrons. The molecule has 0 fully saturated rings. The van der Waals surface area contributed by atoms with Gasteiger partial charge in [0.1, 0.15) is 11.6 Å². The largest absolute Gasteiger partial charge is 0.496 e. The summed E-state index contributed by atoms with van der Waals surface area (Å²) in [5, 5.41) is 10.2. The van der Waals surface area contributed by atoms with Crippen molar-refractivity contribution in [2.24, 2.45) is 0 Å². The lowest BCUT2D eigenvalue weighted by molar-refractivity contribution is 0.102. The maximum atomic E-state index is 14.3. The first-order chi connectivity index (χ1) is 14.4. The number of anilines is 1. The van der Waals surface area contributed by atoms with Crippen LogP contribution >= 0.6 is 0 Å². The minimum absolute atomic E-state index is 0.00768. The molecule has 7 nitrogen and oxygen atoms in total. The van der Waals surface area contributed by atoms with Crippen LogP contribution in [0.25, 0.3) is 22.2 Å². The number of fused-ring (bicyclic) bond motifs is 1. The van der Waals surface area contributed by atoms with Crippen LogP contribution in [-0.2, 0) is 0 Å². The smallest absolute Gasteiger partial charge is 0.257 e. The molecule has 0 spiro atoms. The number of carbonyl (C=O) groups is 1. The first-order valence-corrected chi connectivity index (χ1v) is 9.22. The Bertz CT molecular complexity index is 1340. The van der Waals surface area contributed by atoms with Crippen molar-refractivity contribution < 1.29 is 13.9 Å². The summed E-state index contributed by atoms with van der Waals surface area (Å²) in [5.74, 6) is -0.181. The van der Waals surface area contributed by atoms with Gasteiger partial charge in [0.2, 0.25) is 5.56 Å². The lowest BCUT2D eigenvalue weighted by atomic mass is 10.0. The molecule has 0 aliphatic carbocycles. The normalized spacial score (nSPS) is 10.9. The molecule has 0 radical (unpaired) electrons. The number of amides is 1. The Hall–Kier alpha value is -3.94. The standard InChI is InChI=1S/C22H19FN4O3/c1-11-8-14-15(10-18(28)24-20(14)16(23)9-11)22(29)25-21-12(2)19(26-27-21)13-6-4-5-7-17(13)30-3/h4-10H,1-3H3,(H,24,28)(H2,25,26,27,29). The summed E-state index contributed by atoms with van der Waals surface area (Å²) in [6.07, 6.45) is 0. The quantitative estimate of drug-likeness (QED) is 0.478. The predicted molar refractivity (Wildman–Crippen MR) is 113 cm³/mol. The molecular weight excluding hydrogens is 387 g/mol. The van der Waals surface area contributed by atoms with E-state index in [9.17, 15) is 14.0 Å². The second-order valence-corrected chi connectivity index (χ2v) is 6.94. The van der Waals surface area contributed by atoms with E-state index >= 15 is 0 Å². The molecule has 0 saturated heterocycles. The molecule has 0 aliphatic heterocycles. The minimum Gasteiger partial charge on any atom is -0.496 e. The summed E-state index contributed by atoms with van der Waals surface area (Å²) in [4.78, 5) is 27.4. The summed E-state index contributed by atoms with van der Waals surface area (Å²) >= 11 is 0. The molecule has 30 heavy (non-hydrogen) atoms. The SMILES string of the molecule is COc1ccccc1-c1[nH]nc(NC(=O)c2cc(=O)[nH]c3c(F)cc(C)cc23)c1C. The van der Waals surface area contributed by atoms with Crippen molar-refractivity contribution in [2.75, 3.05) is 12.4 Å². The van der Waals surface area contributed by atoms with Gasteiger partial charge < -0.3 is 15.0 Å². The fourth-order valence-electron chi connectivity index (χ4n) is 3.45. The number of carbonyl (C=O) groups excluding carboxylic acids is 1. The zero-order valence-corrected chi connectivity index (χ0v) is 16.6. The monoisotopic (exact) mass is 406 g/mol. The van der Waals surface area contributed by atoms with Crippen LogP contribution in [0.15, 0.2) is 47.3 Å². The number of hydrogen-bond acceptors (Lipinski definition) is 4. The average Bonchev–Trinajstić information content (AvgIpc) is 3.08. The molecule has 8 heteroatoms. The highest BCUT2D eigenvalue weighted by atomic mass is 19.1. The van der Waals surface area contributed by atoms with E-state index in [4.69, 9.17) is 4.74 Å². The van der Waals surface area contributed by atoms with Gasteiger partial charge in [0, 0.05) is 22.6 Å². The van der Waals surface area contributed by atoms with E-state index in [-0.39, 0.29) is 11.1 Å². The van der Waals surface area contributed by atoms with Crippen molar-refractivity contribution in [2.45, 2.75) is 13.8 Å². The number of hydrogen-bond donors (Lipinski definition) is 3. The third-order valence-electron chi connectivity index (χ3n) is 4.91. The van der Waals surface area contributed by atoms with Gasteiger partial charge in [0.05, 0.1) is 23.9 Å². The average molecular weight is 406 g/mol. The van der Waals surface area contributed by atoms with E-state index in [1.54, 1.807) is 27.0 Å². The van der Waals surface area contributed by atoms with E-state index in [1.165, 1.54) is 6.07 Å². The molecule has 4 rings (SSSR count). The van der Waals surface area contributed by atoms with Crippen LogP contribution in [0, 0.1) is 19.7 Å². The van der Waals surface area contributed by atoms with Crippen LogP contribution in [0.4, 0.5) is 10.2 Å². The fourth-order valence-corrected chi connectivity index (χ4v) is 3.45. The van der Waals surface area contributed by atoms with Gasteiger partial charge >= 0.3 is 0 Å². The third kappa shape index (κ3) is 3.32. The maximum Gasteiger partial charge on any atom is 0.257 e. The number of benzene rings is 2. The second kappa shape index (κ2) is 7.47. The Morgan fingerprint density at radius 2 is 1.93 bits per heavy atom. The Labute approximate surface area is 170 Å². The summed E-state index contributed by atoms with van der Waals surface area (Å²) in [6.45, 7) is 3.52. The lowest BCUT2D eigenvalue weighted by Gasteiger charge is -2.09. The van der Waals surface area contributed by atoms with E-state index in [2.05, 4.69) is 20.5 Å². The maximum absolute atomic E-state index is 14.3. The van der Waals surface area contributed by atoms with Crippen molar-refractivity contribution in [3.63, 3.8) is 0 Å². The van der Waals surface area contributed by atoms with Crippen LogP contribution in [0.2, 0.25) is 0 Å². The zero-order valence-electron chi connectivity index (χ0n) is 16.6. The van der Waals surface area contributed by atoms with Crippen molar-refractivity contribution in [1.82, 2.24) is 15.2 Å². The number of halogens is 1. The molecule has 0 saturated carbocycles. The summed E-state index contributed by atoms with van der Waals surface area (Å²) in [7, 11) is 1.58. The minimum atomic E-state index is -0.592. The second-order valence-electron chi connectivity index (χ2n) is 6.94. The highest BCUT2D eigenvalue weighted by Gasteiger charge is 2.19. The van der Waals surface area contributed by atoms with Crippen molar-refractivity contribution >= 4 is 22.6 Å². The lowest BCUT2D eigenvalue weighted by Crippen LogP contribution is -2.18. The number of nitrogens with one attached hydrogen (secondary N) is 3. The Kier molecular flexibility index (Phi) is 4.83. The molecule has 2 heterocycles. The van der Waals surface area contributed by atoms with Crippen molar-refractivity contribution in [3.05, 3.63) is 75.3 Å². The van der Waals surface area contributed by atoms with Gasteiger partial charge in [0.25, 0.3) is 5.91 Å². The van der Waals surface area contributed by atoms with Gasteiger partial charge in [-0.05, 0) is 43.7 Å². The number of para-hydroxylation sites is 1. The molecule has 3 N–H and O–H groups in total. The van der Waals surface area contributed by atoms with Crippen LogP contribution in [-0.4, -0.2) is 28.2 Å². The first-order valence-electron chi connectivity index (χ1n) is 9.22. The number of methoxy groups -OCH3 is 1. The van der Waals surface area contributed by atoms with Crippen molar-refractivity contribution in [3.8, 4) is 17.0 Å². The van der Waals surface area contributed by atoms with E-state index in [1.807, 2.05) is 24.3 Å². The van der Waals surface area contributed by atoms with Gasteiger partial charge in [0.15, 0.2) is 5.82 Å². The van der Waals surface area contributed by atoms with Crippen LogP contribution in [0.5, 0.6) is 5.75 Å². The van der Waals surface area contributed by atoms with Crippen molar-refractivity contribution in [1.29, 1.82) is 0 Å². The first kappa shape index (κ1) is 19.4. The molecule has 1 amide bonds. The third-order valence-corrected chi connectivity index (χ3v) is 4.91. The van der Waals surface area contributed by atoms with Crippen LogP contribution in [0.1, 0.15) is 21.5 Å². The molecule has 0 bridgehead atoms. The topological polar surface area (TPSA) is 99.9 Å². The van der Waals surface area contributed by atoms with Gasteiger partial charge in [-0.3, -0.25) is 14.7 Å². The molecule has 0 unspecified atom stereocenters. The summed E-state index contributed by atoms with van der Waals surface area (Å²) in [6, 6.07) is 11.5. The van der Waals surface area contributed by atoms with Gasteiger partial charge in [-0.2, -0.15) is 5.10 Å². The highest BCUT2D eigenvalue weighted by Crippen LogP contribution is 2.33. The van der Waals surface area contributed by atoms with Crippen LogP contribution < -0.4 is 15.6 Å². The predicted octanol–water partition coefficient (Wildman–Crippen LogP) is 3.94. The molecular formula is C22H19FN4O3. The number of H-pyrrole nitrogens is 2. The Morgan fingerprint density at radius 3 is 2.70 bits per heavy atom. The highest BCUT2D eigenvalue weighted by molar-refractivity contribution is 6.12. The van der Waals surface area contributed by atoms with Gasteiger partial charge in [-0.15, -0.1) is 0 Å². The molecule has 2 aromatic carbocycles. The number of aryl methyl sites for hydroxylation is 1. The molecule has 4 aromatic rings. The van der Waals surface area contributed by atoms with Gasteiger partial charge in [-0.1, -0.05) is 12.1 Å². The number of aromatic amines is 2. The molecule has 0 atom stereocenters. The van der Waals surface area contributed by atoms with Gasteiger partial charge in [-0.25, -0.2) is 4.39 Å². The number of pyridine rings is 1. The van der Waals surface area contributed by atoms with Crippen LogP contribution in [0.3, 0.4) is 0 Å². The molecule has 0 aliphatic rings. The number of nitrogens with zero attached hydrogens (tertiary/aromatic N) is 1. The number of aromatic nitrogens is 3. The Morgan fingerprint density at radius 1 is 1.17 bits per heavy atom.